The van der Waals surface area contributed by atoms with Crippen LogP contribution in [0.15, 0.2) is 18.2 Å². The number of anilines is 1. The summed E-state index contributed by atoms with van der Waals surface area (Å²) >= 11 is 1.56. The van der Waals surface area contributed by atoms with Crippen LogP contribution >= 0.6 is 11.3 Å². The van der Waals surface area contributed by atoms with Gasteiger partial charge < -0.3 is 15.4 Å². The smallest absolute Gasteiger partial charge is 0.221 e. The lowest BCUT2D eigenvalue weighted by molar-refractivity contribution is -0.120. The number of thiazole rings is 1. The van der Waals surface area contributed by atoms with Gasteiger partial charge in [-0.05, 0) is 25.1 Å². The Morgan fingerprint density at radius 1 is 1.47 bits per heavy atom. The molecule has 2 N–H and O–H groups in total. The van der Waals surface area contributed by atoms with Crippen LogP contribution in [0.25, 0.3) is 10.2 Å². The Morgan fingerprint density at radius 2 is 2.32 bits per heavy atom. The predicted molar refractivity (Wildman–Crippen MR) is 78.0 cm³/mol. The van der Waals surface area contributed by atoms with E-state index in [-0.39, 0.29) is 5.91 Å². The second-order valence-electron chi connectivity index (χ2n) is 3.98. The Morgan fingerprint density at radius 3 is 3.05 bits per heavy atom. The molecule has 5 nitrogen and oxygen atoms in total. The van der Waals surface area contributed by atoms with Crippen molar-refractivity contribution in [1.82, 2.24) is 10.3 Å². The zero-order chi connectivity index (χ0) is 13.7. The number of nitrogens with zero attached hydrogens (tertiary/aromatic N) is 1. The molecular weight excluding hydrogens is 262 g/mol. The first kappa shape index (κ1) is 13.6. The second kappa shape index (κ2) is 6.38. The molecule has 1 aromatic heterocycles. The van der Waals surface area contributed by atoms with Crippen molar-refractivity contribution in [3.05, 3.63) is 18.2 Å². The van der Waals surface area contributed by atoms with E-state index in [0.717, 1.165) is 21.1 Å². The third-order valence-corrected chi connectivity index (χ3v) is 3.57. The molecule has 1 aromatic carbocycles. The van der Waals surface area contributed by atoms with E-state index >= 15 is 0 Å². The summed E-state index contributed by atoms with van der Waals surface area (Å²) in [6.07, 6.45) is 0.451. The molecule has 2 rings (SSSR count). The first-order chi connectivity index (χ1) is 9.22. The normalized spacial score (nSPS) is 10.4. The lowest BCUT2D eigenvalue weighted by atomic mass is 10.3. The second-order valence-corrected chi connectivity index (χ2v) is 5.01. The van der Waals surface area contributed by atoms with Crippen molar-refractivity contribution >= 4 is 32.6 Å². The van der Waals surface area contributed by atoms with Gasteiger partial charge in [0.15, 0.2) is 5.13 Å². The quantitative estimate of drug-likeness (QED) is 0.851. The zero-order valence-electron chi connectivity index (χ0n) is 11.0. The maximum Gasteiger partial charge on any atom is 0.221 e. The number of methoxy groups -OCH3 is 1. The number of carbonyl (C=O) groups excluding carboxylic acids is 1. The summed E-state index contributed by atoms with van der Waals surface area (Å²) in [4.78, 5) is 15.8. The van der Waals surface area contributed by atoms with Crippen LogP contribution in [0.1, 0.15) is 13.3 Å². The first-order valence-corrected chi connectivity index (χ1v) is 6.99. The molecule has 0 aliphatic rings. The van der Waals surface area contributed by atoms with Crippen LogP contribution in [0.2, 0.25) is 0 Å². The van der Waals surface area contributed by atoms with Crippen LogP contribution in [0.5, 0.6) is 5.75 Å². The molecule has 0 radical (unpaired) electrons. The van der Waals surface area contributed by atoms with E-state index in [1.165, 1.54) is 0 Å². The van der Waals surface area contributed by atoms with Gasteiger partial charge in [-0.2, -0.15) is 0 Å². The van der Waals surface area contributed by atoms with E-state index in [2.05, 4.69) is 15.6 Å². The molecule has 2 aromatic rings. The minimum atomic E-state index is 0.0535. The van der Waals surface area contributed by atoms with Crippen molar-refractivity contribution in [2.75, 3.05) is 25.5 Å². The van der Waals surface area contributed by atoms with Crippen molar-refractivity contribution in [2.24, 2.45) is 0 Å². The molecule has 1 amide bonds. The Balaban J connectivity index is 1.96. The van der Waals surface area contributed by atoms with Gasteiger partial charge >= 0.3 is 0 Å². The number of amides is 1. The summed E-state index contributed by atoms with van der Waals surface area (Å²) < 4.78 is 6.25. The molecule has 0 saturated heterocycles. The molecule has 0 atom stereocenters. The molecule has 1 heterocycles. The maximum absolute atomic E-state index is 11.3. The molecule has 102 valence electrons. The lowest BCUT2D eigenvalue weighted by Gasteiger charge is -2.02. The minimum Gasteiger partial charge on any atom is -0.497 e. The van der Waals surface area contributed by atoms with Gasteiger partial charge in [-0.3, -0.25) is 4.79 Å². The highest BCUT2D eigenvalue weighted by Crippen LogP contribution is 2.28. The molecule has 0 fully saturated rings. The van der Waals surface area contributed by atoms with Crippen molar-refractivity contribution in [3.63, 3.8) is 0 Å². The fourth-order valence-corrected chi connectivity index (χ4v) is 2.60. The molecule has 0 unspecified atom stereocenters. The van der Waals surface area contributed by atoms with Gasteiger partial charge in [0.2, 0.25) is 5.91 Å². The van der Waals surface area contributed by atoms with Crippen molar-refractivity contribution in [3.8, 4) is 5.75 Å². The van der Waals surface area contributed by atoms with Crippen LogP contribution in [-0.4, -0.2) is 31.1 Å². The topological polar surface area (TPSA) is 63.2 Å². The maximum atomic E-state index is 11.3. The number of rotatable bonds is 6. The molecule has 0 aliphatic carbocycles. The number of hydrogen-bond donors (Lipinski definition) is 2. The minimum absolute atomic E-state index is 0.0535. The Kier molecular flexibility index (Phi) is 4.57. The summed E-state index contributed by atoms with van der Waals surface area (Å²) in [5.41, 5.74) is 0.936. The fourth-order valence-electron chi connectivity index (χ4n) is 1.68. The Labute approximate surface area is 116 Å². The van der Waals surface area contributed by atoms with Crippen molar-refractivity contribution in [2.45, 2.75) is 13.3 Å². The standard InChI is InChI=1S/C13H17N3O2S/c1-3-14-12(17)6-7-15-13-16-10-5-4-9(18-2)8-11(10)19-13/h4-5,8H,3,6-7H2,1-2H3,(H,14,17)(H,15,16). The molecule has 0 aliphatic heterocycles. The molecule has 0 bridgehead atoms. The van der Waals surface area contributed by atoms with E-state index in [1.807, 2.05) is 25.1 Å². The summed E-state index contributed by atoms with van der Waals surface area (Å²) in [6, 6.07) is 5.78. The molecule has 6 heteroatoms. The number of fused-ring (bicyclic) bond motifs is 1. The summed E-state index contributed by atoms with van der Waals surface area (Å²) in [5.74, 6) is 0.878. The summed E-state index contributed by atoms with van der Waals surface area (Å²) in [6.45, 7) is 3.16. The average molecular weight is 279 g/mol. The third kappa shape index (κ3) is 3.57. The number of nitrogens with one attached hydrogen (secondary N) is 2. The lowest BCUT2D eigenvalue weighted by Crippen LogP contribution is -2.24. The summed E-state index contributed by atoms with van der Waals surface area (Å²) in [7, 11) is 1.65. The zero-order valence-corrected chi connectivity index (χ0v) is 11.8. The first-order valence-electron chi connectivity index (χ1n) is 6.18. The molecule has 19 heavy (non-hydrogen) atoms. The molecule has 0 saturated carbocycles. The van der Waals surface area contributed by atoms with Crippen molar-refractivity contribution < 1.29 is 9.53 Å². The predicted octanol–water partition coefficient (Wildman–Crippen LogP) is 2.24. The van der Waals surface area contributed by atoms with Gasteiger partial charge in [0.05, 0.1) is 17.3 Å². The SMILES string of the molecule is CCNC(=O)CCNc1nc2ccc(OC)cc2s1. The monoisotopic (exact) mass is 279 g/mol. The van der Waals surface area contributed by atoms with Gasteiger partial charge in [0, 0.05) is 19.5 Å². The highest BCUT2D eigenvalue weighted by Gasteiger charge is 2.05. The largest absolute Gasteiger partial charge is 0.497 e. The Bertz CT molecular complexity index is 568. The van der Waals surface area contributed by atoms with Crippen molar-refractivity contribution in [1.29, 1.82) is 0 Å². The van der Waals surface area contributed by atoms with Crippen LogP contribution in [0.3, 0.4) is 0 Å². The van der Waals surface area contributed by atoms with Gasteiger partial charge in [0.25, 0.3) is 0 Å². The van der Waals surface area contributed by atoms with E-state index in [1.54, 1.807) is 18.4 Å². The van der Waals surface area contributed by atoms with Crippen LogP contribution in [0, 0.1) is 0 Å². The fraction of sp³-hybridized carbons (Fsp3) is 0.385. The third-order valence-electron chi connectivity index (χ3n) is 2.60. The molecule has 0 spiro atoms. The Hall–Kier alpha value is -1.82. The summed E-state index contributed by atoms with van der Waals surface area (Å²) in [5, 5.41) is 6.75. The van der Waals surface area contributed by atoms with Gasteiger partial charge in [-0.15, -0.1) is 0 Å². The number of aromatic nitrogens is 1. The number of ether oxygens (including phenoxy) is 1. The average Bonchev–Trinajstić information content (AvgIpc) is 2.80. The van der Waals surface area contributed by atoms with E-state index in [9.17, 15) is 4.79 Å². The number of benzene rings is 1. The van der Waals surface area contributed by atoms with E-state index in [4.69, 9.17) is 4.74 Å². The number of hydrogen-bond acceptors (Lipinski definition) is 5. The van der Waals surface area contributed by atoms with Crippen LogP contribution in [0.4, 0.5) is 5.13 Å². The van der Waals surface area contributed by atoms with Gasteiger partial charge in [-0.25, -0.2) is 4.98 Å². The highest BCUT2D eigenvalue weighted by molar-refractivity contribution is 7.22. The van der Waals surface area contributed by atoms with Crippen LogP contribution < -0.4 is 15.4 Å². The van der Waals surface area contributed by atoms with Gasteiger partial charge in [-0.1, -0.05) is 11.3 Å². The number of carbonyl (C=O) groups is 1. The highest BCUT2D eigenvalue weighted by atomic mass is 32.1. The van der Waals surface area contributed by atoms with Gasteiger partial charge in [0.1, 0.15) is 5.75 Å². The molecular formula is C13H17N3O2S. The van der Waals surface area contributed by atoms with E-state index < -0.39 is 0 Å². The van der Waals surface area contributed by atoms with E-state index in [0.29, 0.717) is 19.5 Å². The van der Waals surface area contributed by atoms with Crippen LogP contribution in [-0.2, 0) is 4.79 Å².